The topological polar surface area (TPSA) is 99.0 Å². The molecule has 0 saturated carbocycles. The second-order valence-corrected chi connectivity index (χ2v) is 5.95. The second kappa shape index (κ2) is 8.37. The molecule has 0 aliphatic rings. The molecular formula is C18H23N5O3. The van der Waals surface area contributed by atoms with Gasteiger partial charge in [-0.25, -0.2) is 14.8 Å². The number of hydrogen-bond acceptors (Lipinski definition) is 6. The van der Waals surface area contributed by atoms with Gasteiger partial charge in [0.15, 0.2) is 6.61 Å². The molecule has 0 fully saturated rings. The number of carbonyl (C=O) groups is 2. The number of hydrogen-bond donors (Lipinski definition) is 1. The standard InChI is InChI=1S/C18H23N5O3/c1-6-7-11(2)17(25)26-10-16(24)21-15-9-14(5)22-23(15)18-19-12(3)8-13(4)20-18/h7-9H,6,10H2,1-5H3,(H,21,24)/b11-7-. The number of aromatic nitrogens is 4. The van der Waals surface area contributed by atoms with Crippen LogP contribution in [0.4, 0.5) is 5.82 Å². The number of allylic oxidation sites excluding steroid dienone is 1. The van der Waals surface area contributed by atoms with Crippen molar-refractivity contribution in [1.82, 2.24) is 19.7 Å². The molecule has 2 heterocycles. The fraction of sp³-hybridized carbons (Fsp3) is 0.389. The Hall–Kier alpha value is -3.03. The zero-order valence-corrected chi connectivity index (χ0v) is 15.7. The summed E-state index contributed by atoms with van der Waals surface area (Å²) in [5.41, 5.74) is 2.77. The molecule has 2 aromatic heterocycles. The third-order valence-electron chi connectivity index (χ3n) is 3.43. The van der Waals surface area contributed by atoms with E-state index in [1.165, 1.54) is 4.68 Å². The highest BCUT2D eigenvalue weighted by atomic mass is 16.5. The van der Waals surface area contributed by atoms with Crippen LogP contribution in [-0.4, -0.2) is 38.2 Å². The van der Waals surface area contributed by atoms with E-state index in [9.17, 15) is 9.59 Å². The minimum Gasteiger partial charge on any atom is -0.452 e. The van der Waals surface area contributed by atoms with Crippen LogP contribution in [-0.2, 0) is 14.3 Å². The number of nitrogens with zero attached hydrogens (tertiary/aromatic N) is 4. The molecule has 138 valence electrons. The van der Waals surface area contributed by atoms with Crippen molar-refractivity contribution >= 4 is 17.7 Å². The van der Waals surface area contributed by atoms with Crippen LogP contribution < -0.4 is 5.32 Å². The fourth-order valence-corrected chi connectivity index (χ4v) is 2.36. The van der Waals surface area contributed by atoms with Gasteiger partial charge in [0, 0.05) is 23.0 Å². The Morgan fingerprint density at radius 2 is 1.81 bits per heavy atom. The van der Waals surface area contributed by atoms with Crippen molar-refractivity contribution < 1.29 is 14.3 Å². The third-order valence-corrected chi connectivity index (χ3v) is 3.43. The Morgan fingerprint density at radius 3 is 2.42 bits per heavy atom. The van der Waals surface area contributed by atoms with E-state index in [0.717, 1.165) is 17.8 Å². The summed E-state index contributed by atoms with van der Waals surface area (Å²) in [4.78, 5) is 32.6. The van der Waals surface area contributed by atoms with Crippen molar-refractivity contribution in [3.8, 4) is 5.95 Å². The Balaban J connectivity index is 2.11. The van der Waals surface area contributed by atoms with Crippen LogP contribution in [0.1, 0.15) is 37.4 Å². The molecule has 0 aromatic carbocycles. The SMILES string of the molecule is CC/C=C(/C)C(=O)OCC(=O)Nc1cc(C)nn1-c1nc(C)cc(C)n1. The Kier molecular flexibility index (Phi) is 6.21. The number of rotatable bonds is 6. The average molecular weight is 357 g/mol. The van der Waals surface area contributed by atoms with Crippen LogP contribution in [0.5, 0.6) is 0 Å². The van der Waals surface area contributed by atoms with E-state index >= 15 is 0 Å². The molecular weight excluding hydrogens is 334 g/mol. The number of esters is 1. The van der Waals surface area contributed by atoms with Crippen LogP contribution in [0, 0.1) is 20.8 Å². The summed E-state index contributed by atoms with van der Waals surface area (Å²) in [5, 5.41) is 7.00. The highest BCUT2D eigenvalue weighted by molar-refractivity contribution is 5.94. The maximum atomic E-state index is 12.1. The van der Waals surface area contributed by atoms with E-state index in [1.807, 2.05) is 26.8 Å². The van der Waals surface area contributed by atoms with Crippen molar-refractivity contribution in [3.63, 3.8) is 0 Å². The van der Waals surface area contributed by atoms with Gasteiger partial charge in [-0.05, 0) is 40.2 Å². The molecule has 26 heavy (non-hydrogen) atoms. The molecule has 8 nitrogen and oxygen atoms in total. The van der Waals surface area contributed by atoms with E-state index in [4.69, 9.17) is 4.74 Å². The van der Waals surface area contributed by atoms with E-state index in [1.54, 1.807) is 26.0 Å². The molecule has 2 aromatic rings. The smallest absolute Gasteiger partial charge is 0.333 e. The summed E-state index contributed by atoms with van der Waals surface area (Å²) in [6, 6.07) is 3.55. The summed E-state index contributed by atoms with van der Waals surface area (Å²) in [6.07, 6.45) is 2.47. The van der Waals surface area contributed by atoms with Gasteiger partial charge in [-0.1, -0.05) is 13.0 Å². The molecule has 1 amide bonds. The van der Waals surface area contributed by atoms with E-state index < -0.39 is 11.9 Å². The van der Waals surface area contributed by atoms with Crippen molar-refractivity contribution in [1.29, 1.82) is 0 Å². The van der Waals surface area contributed by atoms with Crippen LogP contribution >= 0.6 is 0 Å². The number of carbonyl (C=O) groups excluding carboxylic acids is 2. The maximum absolute atomic E-state index is 12.1. The highest BCUT2D eigenvalue weighted by Gasteiger charge is 2.15. The summed E-state index contributed by atoms with van der Waals surface area (Å²) in [6.45, 7) is 8.71. The first kappa shape index (κ1) is 19.3. The van der Waals surface area contributed by atoms with Crippen molar-refractivity contribution in [2.45, 2.75) is 41.0 Å². The van der Waals surface area contributed by atoms with Gasteiger partial charge < -0.3 is 10.1 Å². The number of amides is 1. The zero-order chi connectivity index (χ0) is 19.3. The lowest BCUT2D eigenvalue weighted by atomic mass is 10.2. The van der Waals surface area contributed by atoms with Gasteiger partial charge in [-0.3, -0.25) is 4.79 Å². The van der Waals surface area contributed by atoms with Gasteiger partial charge in [0.25, 0.3) is 11.9 Å². The monoisotopic (exact) mass is 357 g/mol. The summed E-state index contributed by atoms with van der Waals surface area (Å²) in [5.74, 6) is -0.198. The molecule has 0 aliphatic heterocycles. The number of ether oxygens (including phenoxy) is 1. The van der Waals surface area contributed by atoms with Crippen LogP contribution in [0.25, 0.3) is 5.95 Å². The summed E-state index contributed by atoms with van der Waals surface area (Å²) < 4.78 is 6.46. The lowest BCUT2D eigenvalue weighted by Gasteiger charge is -2.09. The van der Waals surface area contributed by atoms with Crippen LogP contribution in [0.3, 0.4) is 0 Å². The van der Waals surface area contributed by atoms with Crippen LogP contribution in [0.15, 0.2) is 23.8 Å². The molecule has 1 N–H and O–H groups in total. The van der Waals surface area contributed by atoms with E-state index in [2.05, 4.69) is 20.4 Å². The van der Waals surface area contributed by atoms with E-state index in [-0.39, 0.29) is 6.61 Å². The minimum atomic E-state index is -0.510. The largest absolute Gasteiger partial charge is 0.452 e. The quantitative estimate of drug-likeness (QED) is 0.630. The van der Waals surface area contributed by atoms with Crippen LogP contribution in [0.2, 0.25) is 0 Å². The van der Waals surface area contributed by atoms with Gasteiger partial charge in [0.05, 0.1) is 5.69 Å². The van der Waals surface area contributed by atoms with Crippen molar-refractivity contribution in [3.05, 3.63) is 40.9 Å². The predicted molar refractivity (Wildman–Crippen MR) is 97.0 cm³/mol. The summed E-state index contributed by atoms with van der Waals surface area (Å²) >= 11 is 0. The molecule has 0 aliphatic carbocycles. The molecule has 0 unspecified atom stereocenters. The van der Waals surface area contributed by atoms with Gasteiger partial charge in [-0.2, -0.15) is 9.78 Å². The lowest BCUT2D eigenvalue weighted by Crippen LogP contribution is -2.23. The first-order valence-corrected chi connectivity index (χ1v) is 8.33. The molecule has 0 bridgehead atoms. The second-order valence-electron chi connectivity index (χ2n) is 5.95. The Labute approximate surface area is 152 Å². The lowest BCUT2D eigenvalue weighted by molar-refractivity contribution is -0.143. The Morgan fingerprint density at radius 1 is 1.15 bits per heavy atom. The van der Waals surface area contributed by atoms with Crippen molar-refractivity contribution in [2.75, 3.05) is 11.9 Å². The molecule has 8 heteroatoms. The van der Waals surface area contributed by atoms with Crippen molar-refractivity contribution in [2.24, 2.45) is 0 Å². The summed E-state index contributed by atoms with van der Waals surface area (Å²) in [7, 11) is 0. The number of nitrogens with one attached hydrogen (secondary N) is 1. The minimum absolute atomic E-state index is 0.365. The zero-order valence-electron chi connectivity index (χ0n) is 15.7. The average Bonchev–Trinajstić information content (AvgIpc) is 2.92. The highest BCUT2D eigenvalue weighted by Crippen LogP contribution is 2.15. The maximum Gasteiger partial charge on any atom is 0.333 e. The normalized spacial score (nSPS) is 11.3. The molecule has 0 saturated heterocycles. The predicted octanol–water partition coefficient (Wildman–Crippen LogP) is 2.43. The molecule has 0 atom stereocenters. The first-order chi connectivity index (χ1) is 12.3. The number of aryl methyl sites for hydroxylation is 3. The fourth-order valence-electron chi connectivity index (χ4n) is 2.36. The Bertz CT molecular complexity index is 834. The molecule has 0 spiro atoms. The first-order valence-electron chi connectivity index (χ1n) is 8.33. The third kappa shape index (κ3) is 4.98. The van der Waals surface area contributed by atoms with Gasteiger partial charge in [-0.15, -0.1) is 0 Å². The molecule has 0 radical (unpaired) electrons. The van der Waals surface area contributed by atoms with Gasteiger partial charge in [0.1, 0.15) is 5.82 Å². The van der Waals surface area contributed by atoms with Gasteiger partial charge >= 0.3 is 5.97 Å². The van der Waals surface area contributed by atoms with E-state index in [0.29, 0.717) is 23.0 Å². The van der Waals surface area contributed by atoms with Gasteiger partial charge in [0.2, 0.25) is 0 Å². The number of anilines is 1. The molecule has 2 rings (SSSR count).